The zero-order valence-electron chi connectivity index (χ0n) is 26.3. The highest BCUT2D eigenvalue weighted by atomic mass is 16.6. The molecule has 0 N–H and O–H groups in total. The average molecular weight is 567 g/mol. The summed E-state index contributed by atoms with van der Waals surface area (Å²) < 4.78 is 12.7. The molecule has 1 aromatic rings. The maximum absolute atomic E-state index is 6.89. The molecule has 13 aliphatic rings. The summed E-state index contributed by atoms with van der Waals surface area (Å²) in [6, 6.07) is 5.44. The van der Waals surface area contributed by atoms with Gasteiger partial charge in [-0.25, -0.2) is 0 Å². The van der Waals surface area contributed by atoms with Crippen LogP contribution in [0.1, 0.15) is 139 Å². The Morgan fingerprint density at radius 1 is 0.548 bits per heavy atom. The molecular formula is C40H54O2. The Balaban J connectivity index is 1.14. The van der Waals surface area contributed by atoms with Crippen LogP contribution in [-0.4, -0.2) is 18.8 Å². The predicted octanol–water partition coefficient (Wildman–Crippen LogP) is 9.26. The van der Waals surface area contributed by atoms with E-state index in [-0.39, 0.29) is 5.60 Å². The lowest BCUT2D eigenvalue weighted by molar-refractivity contribution is -0.0245. The number of benzene rings is 1. The van der Waals surface area contributed by atoms with Crippen LogP contribution in [0.4, 0.5) is 0 Å². The first-order valence-electron chi connectivity index (χ1n) is 18.8. The van der Waals surface area contributed by atoms with Gasteiger partial charge in [0.05, 0.1) is 6.61 Å². The monoisotopic (exact) mass is 566 g/mol. The molecule has 0 amide bonds. The topological polar surface area (TPSA) is 21.8 Å². The van der Waals surface area contributed by atoms with Crippen molar-refractivity contribution in [2.75, 3.05) is 13.2 Å². The lowest BCUT2D eigenvalue weighted by Gasteiger charge is -2.63. The van der Waals surface area contributed by atoms with E-state index in [1.54, 1.807) is 57.8 Å². The van der Waals surface area contributed by atoms with Gasteiger partial charge in [0.1, 0.15) is 18.0 Å². The molecule has 1 aromatic carbocycles. The van der Waals surface area contributed by atoms with Crippen LogP contribution in [0.2, 0.25) is 0 Å². The third kappa shape index (κ3) is 3.60. The van der Waals surface area contributed by atoms with Crippen molar-refractivity contribution < 1.29 is 9.47 Å². The van der Waals surface area contributed by atoms with Crippen LogP contribution >= 0.6 is 0 Å². The van der Waals surface area contributed by atoms with E-state index in [0.29, 0.717) is 16.2 Å². The summed E-state index contributed by atoms with van der Waals surface area (Å²) >= 11 is 0. The Kier molecular flexibility index (Phi) is 4.93. The van der Waals surface area contributed by atoms with Crippen LogP contribution in [0.5, 0.6) is 5.75 Å². The first kappa shape index (κ1) is 25.2. The van der Waals surface area contributed by atoms with Gasteiger partial charge in [0, 0.05) is 0 Å². The SMILES string of the molecule is CC1(COc2cc(C34CC5CC(CC(C5)C3)C4)c(C34CC5CC(CC(C5)C3)C4)c(C34CC5CC(CC(C5)C3)C4)c2)CO1. The lowest BCUT2D eigenvalue weighted by atomic mass is 9.41. The molecule has 0 radical (unpaired) electrons. The van der Waals surface area contributed by atoms with E-state index >= 15 is 0 Å². The molecule has 2 heteroatoms. The Bertz CT molecular complexity index is 1140. The first-order valence-corrected chi connectivity index (χ1v) is 18.8. The van der Waals surface area contributed by atoms with Gasteiger partial charge in [-0.1, -0.05) is 0 Å². The minimum atomic E-state index is -0.0553. The van der Waals surface area contributed by atoms with Gasteiger partial charge >= 0.3 is 0 Å². The summed E-state index contributed by atoms with van der Waals surface area (Å²) in [5.41, 5.74) is 7.05. The molecule has 1 aliphatic heterocycles. The quantitative estimate of drug-likeness (QED) is 0.320. The molecule has 1 heterocycles. The summed E-state index contributed by atoms with van der Waals surface area (Å²) in [6.07, 6.45) is 27.4. The second kappa shape index (κ2) is 8.22. The van der Waals surface area contributed by atoms with E-state index < -0.39 is 0 Å². The molecule has 1 saturated heterocycles. The first-order chi connectivity index (χ1) is 20.3. The van der Waals surface area contributed by atoms with Gasteiger partial charge in [0.25, 0.3) is 0 Å². The maximum Gasteiger partial charge on any atom is 0.123 e. The Morgan fingerprint density at radius 2 is 0.857 bits per heavy atom. The van der Waals surface area contributed by atoms with Crippen molar-refractivity contribution in [3.63, 3.8) is 0 Å². The summed E-state index contributed by atoms with van der Waals surface area (Å²) in [4.78, 5) is 0. The highest BCUT2D eigenvalue weighted by Crippen LogP contribution is 2.69. The molecular weight excluding hydrogens is 512 g/mol. The van der Waals surface area contributed by atoms with Crippen LogP contribution < -0.4 is 4.74 Å². The predicted molar refractivity (Wildman–Crippen MR) is 166 cm³/mol. The van der Waals surface area contributed by atoms with Crippen molar-refractivity contribution in [2.45, 2.75) is 144 Å². The highest BCUT2D eigenvalue weighted by molar-refractivity contribution is 5.55. The van der Waals surface area contributed by atoms with Crippen LogP contribution in [0.25, 0.3) is 0 Å². The zero-order chi connectivity index (χ0) is 27.5. The second-order valence-electron chi connectivity index (χ2n) is 19.5. The third-order valence-electron chi connectivity index (χ3n) is 16.1. The number of epoxide rings is 1. The van der Waals surface area contributed by atoms with Crippen molar-refractivity contribution in [3.8, 4) is 5.75 Å². The van der Waals surface area contributed by atoms with Crippen molar-refractivity contribution >= 4 is 0 Å². The normalized spacial score (nSPS) is 55.5. The van der Waals surface area contributed by atoms with E-state index in [0.717, 1.165) is 66.5 Å². The van der Waals surface area contributed by atoms with Gasteiger partial charge in [0.2, 0.25) is 0 Å². The van der Waals surface area contributed by atoms with E-state index in [1.165, 1.54) is 63.5 Å². The fraction of sp³-hybridized carbons (Fsp3) is 0.850. The van der Waals surface area contributed by atoms with Gasteiger partial charge < -0.3 is 9.47 Å². The largest absolute Gasteiger partial charge is 0.490 e. The van der Waals surface area contributed by atoms with Gasteiger partial charge in [-0.15, -0.1) is 0 Å². The van der Waals surface area contributed by atoms with Crippen LogP contribution in [0, 0.1) is 53.3 Å². The van der Waals surface area contributed by atoms with Crippen LogP contribution in [-0.2, 0) is 21.0 Å². The van der Waals surface area contributed by atoms with E-state index in [4.69, 9.17) is 9.47 Å². The average Bonchev–Trinajstić information content (AvgIpc) is 3.66. The zero-order valence-corrected chi connectivity index (χ0v) is 26.3. The minimum absolute atomic E-state index is 0.0553. The Labute approximate surface area is 254 Å². The van der Waals surface area contributed by atoms with Gasteiger partial charge in [-0.3, -0.25) is 0 Å². The highest BCUT2D eigenvalue weighted by Gasteiger charge is 2.60. The second-order valence-corrected chi connectivity index (χ2v) is 19.5. The fourth-order valence-corrected chi connectivity index (χ4v) is 15.8. The van der Waals surface area contributed by atoms with Gasteiger partial charge in [-0.05, 0) is 221 Å². The molecule has 1 atom stereocenters. The van der Waals surface area contributed by atoms with Crippen molar-refractivity contribution in [1.82, 2.24) is 0 Å². The molecule has 12 aliphatic carbocycles. The van der Waals surface area contributed by atoms with E-state index in [1.807, 2.05) is 16.7 Å². The molecule has 1 unspecified atom stereocenters. The van der Waals surface area contributed by atoms with Gasteiger partial charge in [-0.2, -0.15) is 0 Å². The fourth-order valence-electron chi connectivity index (χ4n) is 15.8. The van der Waals surface area contributed by atoms with E-state index in [2.05, 4.69) is 19.1 Å². The Morgan fingerprint density at radius 3 is 1.17 bits per heavy atom. The molecule has 42 heavy (non-hydrogen) atoms. The standard InChI is InChI=1S/C40H54O2/c1-37(23-42-37)22-41-33-11-34(38-13-24-2-25(14-38)4-26(3-24)15-38)36(40-19-30-8-31(20-40)10-32(9-30)21-40)35(12-33)39-16-27-5-28(17-39)7-29(6-27)18-39/h11-12,24-32H,2-10,13-23H2,1H3. The Hall–Kier alpha value is -1.02. The smallest absolute Gasteiger partial charge is 0.123 e. The number of ether oxygens (including phenoxy) is 2. The van der Waals surface area contributed by atoms with Crippen molar-refractivity contribution in [1.29, 1.82) is 0 Å². The molecule has 14 rings (SSSR count). The van der Waals surface area contributed by atoms with Crippen molar-refractivity contribution in [2.24, 2.45) is 53.3 Å². The molecule has 12 bridgehead atoms. The van der Waals surface area contributed by atoms with Crippen LogP contribution in [0.3, 0.4) is 0 Å². The number of hydrogen-bond acceptors (Lipinski definition) is 2. The van der Waals surface area contributed by atoms with Crippen molar-refractivity contribution in [3.05, 3.63) is 28.8 Å². The summed E-state index contributed by atoms with van der Waals surface area (Å²) in [7, 11) is 0. The number of rotatable bonds is 6. The van der Waals surface area contributed by atoms with Crippen LogP contribution in [0.15, 0.2) is 12.1 Å². The molecule has 13 fully saturated rings. The summed E-state index contributed by atoms with van der Waals surface area (Å²) in [6.45, 7) is 3.84. The third-order valence-corrected chi connectivity index (χ3v) is 16.1. The molecule has 226 valence electrons. The molecule has 0 aromatic heterocycles. The van der Waals surface area contributed by atoms with Gasteiger partial charge in [0.15, 0.2) is 0 Å². The maximum atomic E-state index is 6.89. The summed E-state index contributed by atoms with van der Waals surface area (Å²) in [5, 5.41) is 0. The lowest BCUT2D eigenvalue weighted by Crippen LogP contribution is -2.55. The minimum Gasteiger partial charge on any atom is -0.490 e. The summed E-state index contributed by atoms with van der Waals surface area (Å²) in [5.74, 6) is 10.2. The number of hydrogen-bond donors (Lipinski definition) is 0. The molecule has 2 nitrogen and oxygen atoms in total. The van der Waals surface area contributed by atoms with E-state index in [9.17, 15) is 0 Å². The molecule has 0 spiro atoms. The molecule has 12 saturated carbocycles.